The van der Waals surface area contributed by atoms with Crippen LogP contribution < -0.4 is 5.32 Å². The number of carbonyl (C=O) groups is 1. The minimum atomic E-state index is -0.729. The maximum absolute atomic E-state index is 14.5. The molecular weight excluding hydrogens is 365 g/mol. The molecule has 25 heavy (non-hydrogen) atoms. The Morgan fingerprint density at radius 2 is 2.08 bits per heavy atom. The Kier molecular flexibility index (Phi) is 5.27. The molecule has 3 rings (SSSR count). The molecule has 134 valence electrons. The highest BCUT2D eigenvalue weighted by Crippen LogP contribution is 2.36. The van der Waals surface area contributed by atoms with Crippen molar-refractivity contribution in [3.63, 3.8) is 0 Å². The van der Waals surface area contributed by atoms with E-state index in [1.807, 2.05) is 6.92 Å². The first kappa shape index (κ1) is 18.1. The molecule has 0 aliphatic carbocycles. The summed E-state index contributed by atoms with van der Waals surface area (Å²) in [6, 6.07) is 3.74. The minimum absolute atomic E-state index is 0.160. The van der Waals surface area contributed by atoms with Gasteiger partial charge in [0.2, 0.25) is 0 Å². The van der Waals surface area contributed by atoms with Crippen LogP contribution in [0, 0.1) is 5.82 Å². The van der Waals surface area contributed by atoms with Crippen LogP contribution in [0.4, 0.5) is 4.39 Å². The van der Waals surface area contributed by atoms with Crippen LogP contribution in [0.25, 0.3) is 0 Å². The van der Waals surface area contributed by atoms with E-state index in [0.29, 0.717) is 42.7 Å². The predicted octanol–water partition coefficient (Wildman–Crippen LogP) is 2.47. The van der Waals surface area contributed by atoms with Crippen molar-refractivity contribution in [2.24, 2.45) is 0 Å². The quantitative estimate of drug-likeness (QED) is 0.795. The van der Waals surface area contributed by atoms with Gasteiger partial charge in [-0.25, -0.2) is 4.39 Å². The zero-order valence-corrected chi connectivity index (χ0v) is 15.6. The maximum Gasteiger partial charge on any atom is 0.254 e. The predicted molar refractivity (Wildman–Crippen MR) is 97.7 cm³/mol. The van der Waals surface area contributed by atoms with Crippen LogP contribution in [-0.4, -0.2) is 54.2 Å². The van der Waals surface area contributed by atoms with E-state index >= 15 is 0 Å². The number of ether oxygens (including phenoxy) is 1. The fourth-order valence-corrected chi connectivity index (χ4v) is 3.58. The highest BCUT2D eigenvalue weighted by molar-refractivity contribution is 7.80. The van der Waals surface area contributed by atoms with Crippen LogP contribution >= 0.6 is 23.8 Å². The second-order valence-electron chi connectivity index (χ2n) is 5.98. The molecule has 1 aromatic carbocycles. The second kappa shape index (κ2) is 7.27. The lowest BCUT2D eigenvalue weighted by molar-refractivity contribution is -0.131. The van der Waals surface area contributed by atoms with Crippen LogP contribution in [0.1, 0.15) is 18.5 Å². The molecule has 2 heterocycles. The smallest absolute Gasteiger partial charge is 0.254 e. The Bertz CT molecular complexity index is 729. The van der Waals surface area contributed by atoms with Crippen LogP contribution in [-0.2, 0) is 9.53 Å². The number of carbonyl (C=O) groups excluding carboxylic acids is 1. The molecule has 1 aromatic rings. The summed E-state index contributed by atoms with van der Waals surface area (Å²) in [5, 5.41) is 3.73. The molecule has 5 nitrogen and oxygen atoms in total. The van der Waals surface area contributed by atoms with E-state index in [9.17, 15) is 9.18 Å². The molecule has 0 aromatic heterocycles. The standard InChI is InChI=1S/C17H19ClFN3O2S/c1-10-13(16(23)22-6-8-24-9-7-22)15(20-17(25)21(10)2)14-11(18)4-3-5-12(14)19/h3-5,15H,6-9H2,1-2H3,(H,20,25). The molecule has 2 aliphatic heterocycles. The van der Waals surface area contributed by atoms with Crippen molar-refractivity contribution in [1.82, 2.24) is 15.1 Å². The van der Waals surface area contributed by atoms with Crippen LogP contribution in [0.5, 0.6) is 0 Å². The number of hydrogen-bond acceptors (Lipinski definition) is 3. The lowest BCUT2D eigenvalue weighted by Crippen LogP contribution is -2.50. The first-order chi connectivity index (χ1) is 11.9. The van der Waals surface area contributed by atoms with Gasteiger partial charge in [0.25, 0.3) is 5.91 Å². The number of halogens is 2. The number of benzene rings is 1. The molecule has 1 amide bonds. The molecule has 0 bridgehead atoms. The Morgan fingerprint density at radius 3 is 2.72 bits per heavy atom. The number of amides is 1. The molecule has 0 spiro atoms. The fourth-order valence-electron chi connectivity index (χ4n) is 3.05. The SMILES string of the molecule is CC1=C(C(=O)N2CCOCC2)C(c2c(F)cccc2Cl)NC(=S)N1C. The van der Waals surface area contributed by atoms with E-state index in [1.54, 1.807) is 22.9 Å². The van der Waals surface area contributed by atoms with Crippen LogP contribution in [0.3, 0.4) is 0 Å². The third kappa shape index (κ3) is 3.36. The number of morpholine rings is 1. The molecule has 1 atom stereocenters. The van der Waals surface area contributed by atoms with Crippen molar-refractivity contribution < 1.29 is 13.9 Å². The first-order valence-electron chi connectivity index (χ1n) is 7.97. The van der Waals surface area contributed by atoms with Crippen molar-refractivity contribution >= 4 is 34.8 Å². The van der Waals surface area contributed by atoms with Crippen LogP contribution in [0.15, 0.2) is 29.5 Å². The van der Waals surface area contributed by atoms with Crippen molar-refractivity contribution in [2.45, 2.75) is 13.0 Å². The number of rotatable bonds is 2. The monoisotopic (exact) mass is 383 g/mol. The maximum atomic E-state index is 14.5. The highest BCUT2D eigenvalue weighted by Gasteiger charge is 2.37. The Hall–Kier alpha value is -1.70. The van der Waals surface area contributed by atoms with Crippen LogP contribution in [0.2, 0.25) is 5.02 Å². The van der Waals surface area contributed by atoms with Gasteiger partial charge in [-0.1, -0.05) is 17.7 Å². The van der Waals surface area contributed by atoms with Gasteiger partial charge >= 0.3 is 0 Å². The summed E-state index contributed by atoms with van der Waals surface area (Å²) in [6.07, 6.45) is 0. The summed E-state index contributed by atoms with van der Waals surface area (Å²) in [7, 11) is 1.77. The second-order valence-corrected chi connectivity index (χ2v) is 6.77. The van der Waals surface area contributed by atoms with Gasteiger partial charge in [0.1, 0.15) is 5.82 Å². The zero-order chi connectivity index (χ0) is 18.1. The Balaban J connectivity index is 2.09. The number of nitrogens with zero attached hydrogens (tertiary/aromatic N) is 2. The Labute approximate surface area is 156 Å². The van der Waals surface area contributed by atoms with Gasteiger partial charge in [0.05, 0.1) is 24.8 Å². The molecule has 8 heteroatoms. The van der Waals surface area contributed by atoms with E-state index in [4.69, 9.17) is 28.6 Å². The molecule has 1 unspecified atom stereocenters. The number of allylic oxidation sites excluding steroid dienone is 1. The normalized spacial score (nSPS) is 21.4. The fraction of sp³-hybridized carbons (Fsp3) is 0.412. The molecule has 1 N–H and O–H groups in total. The van der Waals surface area contributed by atoms with Gasteiger partial charge in [-0.15, -0.1) is 0 Å². The van der Waals surface area contributed by atoms with E-state index in [0.717, 1.165) is 0 Å². The van der Waals surface area contributed by atoms with Crippen molar-refractivity contribution in [1.29, 1.82) is 0 Å². The van der Waals surface area contributed by atoms with Gasteiger partial charge in [-0.3, -0.25) is 4.79 Å². The van der Waals surface area contributed by atoms with E-state index in [-0.39, 0.29) is 16.5 Å². The van der Waals surface area contributed by atoms with Gasteiger partial charge in [-0.05, 0) is 31.3 Å². The Morgan fingerprint density at radius 1 is 1.40 bits per heavy atom. The molecule has 2 aliphatic rings. The average molecular weight is 384 g/mol. The molecular formula is C17H19ClFN3O2S. The van der Waals surface area contributed by atoms with Gasteiger partial charge in [0, 0.05) is 36.4 Å². The lowest BCUT2D eigenvalue weighted by atomic mass is 9.93. The average Bonchev–Trinajstić information content (AvgIpc) is 2.60. The van der Waals surface area contributed by atoms with Crippen molar-refractivity contribution in [3.05, 3.63) is 45.9 Å². The largest absolute Gasteiger partial charge is 0.378 e. The third-order valence-electron chi connectivity index (χ3n) is 4.57. The number of hydrogen-bond donors (Lipinski definition) is 1. The van der Waals surface area contributed by atoms with E-state index in [1.165, 1.54) is 12.1 Å². The van der Waals surface area contributed by atoms with Gasteiger partial charge in [-0.2, -0.15) is 0 Å². The molecule has 0 saturated carbocycles. The van der Waals surface area contributed by atoms with E-state index in [2.05, 4.69) is 5.32 Å². The minimum Gasteiger partial charge on any atom is -0.378 e. The summed E-state index contributed by atoms with van der Waals surface area (Å²) in [5.41, 5.74) is 1.37. The highest BCUT2D eigenvalue weighted by atomic mass is 35.5. The van der Waals surface area contributed by atoms with Gasteiger partial charge < -0.3 is 19.9 Å². The van der Waals surface area contributed by atoms with Gasteiger partial charge in [0.15, 0.2) is 5.11 Å². The van der Waals surface area contributed by atoms with E-state index < -0.39 is 11.9 Å². The third-order valence-corrected chi connectivity index (χ3v) is 5.29. The summed E-state index contributed by atoms with van der Waals surface area (Å²) < 4.78 is 19.8. The first-order valence-corrected chi connectivity index (χ1v) is 8.76. The lowest BCUT2D eigenvalue weighted by Gasteiger charge is -2.38. The topological polar surface area (TPSA) is 44.8 Å². The summed E-state index contributed by atoms with van der Waals surface area (Å²) in [5.74, 6) is -0.635. The van der Waals surface area contributed by atoms with Crippen molar-refractivity contribution in [3.8, 4) is 0 Å². The number of nitrogens with one attached hydrogen (secondary N) is 1. The molecule has 0 radical (unpaired) electrons. The number of thiocarbonyl (C=S) groups is 1. The molecule has 1 saturated heterocycles. The summed E-state index contributed by atoms with van der Waals surface area (Å²) in [4.78, 5) is 16.6. The summed E-state index contributed by atoms with van der Waals surface area (Å²) in [6.45, 7) is 3.79. The summed E-state index contributed by atoms with van der Waals surface area (Å²) >= 11 is 11.6. The molecule has 1 fully saturated rings. The van der Waals surface area contributed by atoms with Crippen molar-refractivity contribution in [2.75, 3.05) is 33.4 Å². The zero-order valence-electron chi connectivity index (χ0n) is 14.0.